The fourth-order valence-electron chi connectivity index (χ4n) is 5.90. The van der Waals surface area contributed by atoms with Gasteiger partial charge < -0.3 is 29.5 Å². The number of phenolic OH excluding ortho intramolecular Hbond substituents is 1. The van der Waals surface area contributed by atoms with Gasteiger partial charge in [0.05, 0.1) is 19.8 Å². The predicted molar refractivity (Wildman–Crippen MR) is 169 cm³/mol. The maximum atomic E-state index is 11.4. The van der Waals surface area contributed by atoms with Gasteiger partial charge in [-0.05, 0) is 92.2 Å². The van der Waals surface area contributed by atoms with Crippen molar-refractivity contribution in [2.75, 3.05) is 13.7 Å². The summed E-state index contributed by atoms with van der Waals surface area (Å²) in [6, 6.07) is 5.25. The van der Waals surface area contributed by atoms with Gasteiger partial charge in [0, 0.05) is 6.61 Å². The molecule has 0 radical (unpaired) electrons. The molecule has 0 bridgehead atoms. The number of rotatable bonds is 10. The molecular weight excluding hydrogens is 532 g/mol. The summed E-state index contributed by atoms with van der Waals surface area (Å²) in [4.78, 5) is 11.4. The van der Waals surface area contributed by atoms with Crippen molar-refractivity contribution >= 4 is 5.97 Å². The molecule has 7 atom stereocenters. The third-order valence-electron chi connectivity index (χ3n) is 8.71. The van der Waals surface area contributed by atoms with E-state index in [2.05, 4.69) is 48.5 Å². The molecule has 0 heterocycles. The first-order chi connectivity index (χ1) is 19.8. The summed E-state index contributed by atoms with van der Waals surface area (Å²) in [7, 11) is 1.54. The lowest BCUT2D eigenvalue weighted by Crippen LogP contribution is -2.37. The molecule has 0 aromatic heterocycles. The van der Waals surface area contributed by atoms with Crippen molar-refractivity contribution < 1.29 is 34.3 Å². The number of esters is 1. The molecule has 1 unspecified atom stereocenters. The summed E-state index contributed by atoms with van der Waals surface area (Å²) in [5.74, 6) is 3.70. The van der Waals surface area contributed by atoms with Crippen LogP contribution in [0.5, 0.6) is 11.5 Å². The molecule has 42 heavy (non-hydrogen) atoms. The van der Waals surface area contributed by atoms with Gasteiger partial charge >= 0.3 is 5.97 Å². The van der Waals surface area contributed by atoms with Gasteiger partial charge in [0.2, 0.25) is 0 Å². The fraction of sp³-hybridized carbons (Fsp3) is 0.800. The van der Waals surface area contributed by atoms with Crippen LogP contribution < -0.4 is 4.74 Å². The molecule has 244 valence electrons. The van der Waals surface area contributed by atoms with Gasteiger partial charge in [-0.1, -0.05) is 73.8 Å². The third-order valence-corrected chi connectivity index (χ3v) is 8.71. The lowest BCUT2D eigenvalue weighted by molar-refractivity contribution is -0.164. The smallest absolute Gasteiger partial charge is 0.334 e. The van der Waals surface area contributed by atoms with Crippen molar-refractivity contribution in [2.45, 2.75) is 132 Å². The number of methoxy groups -OCH3 is 1. The molecule has 0 amide bonds. The summed E-state index contributed by atoms with van der Waals surface area (Å²) < 4.78 is 15.9. The van der Waals surface area contributed by atoms with E-state index in [4.69, 9.17) is 19.3 Å². The van der Waals surface area contributed by atoms with Crippen LogP contribution in [-0.4, -0.2) is 53.3 Å². The summed E-state index contributed by atoms with van der Waals surface area (Å²) in [6.07, 6.45) is 7.98. The van der Waals surface area contributed by atoms with Crippen molar-refractivity contribution in [1.82, 2.24) is 0 Å². The third kappa shape index (κ3) is 14.1. The van der Waals surface area contributed by atoms with Gasteiger partial charge in [0.1, 0.15) is 12.2 Å². The van der Waals surface area contributed by atoms with Crippen molar-refractivity contribution in [1.29, 1.82) is 0 Å². The topological polar surface area (TPSA) is 105 Å². The Bertz CT molecular complexity index is 869. The molecule has 0 saturated heterocycles. The molecule has 2 fully saturated rings. The summed E-state index contributed by atoms with van der Waals surface area (Å²) >= 11 is 0. The molecule has 0 aliphatic heterocycles. The van der Waals surface area contributed by atoms with E-state index in [1.165, 1.54) is 33.3 Å². The van der Waals surface area contributed by atoms with Crippen LogP contribution in [0.25, 0.3) is 0 Å². The van der Waals surface area contributed by atoms with E-state index in [-0.39, 0.29) is 18.0 Å². The molecule has 7 heteroatoms. The number of ether oxygens (including phenoxy) is 3. The monoisotopic (exact) mass is 594 g/mol. The van der Waals surface area contributed by atoms with Crippen LogP contribution in [-0.2, 0) is 20.9 Å². The summed E-state index contributed by atoms with van der Waals surface area (Å²) in [6.45, 7) is 18.1. The van der Waals surface area contributed by atoms with Crippen molar-refractivity contribution in [3.63, 3.8) is 0 Å². The van der Waals surface area contributed by atoms with Crippen LogP contribution in [0.2, 0.25) is 0 Å². The van der Waals surface area contributed by atoms with Gasteiger partial charge in [-0.15, -0.1) is 0 Å². The molecule has 2 aliphatic rings. The van der Waals surface area contributed by atoms with Gasteiger partial charge in [-0.3, -0.25) is 0 Å². The Hall–Kier alpha value is -1.83. The van der Waals surface area contributed by atoms with Gasteiger partial charge in [-0.25, -0.2) is 4.79 Å². The van der Waals surface area contributed by atoms with Crippen LogP contribution in [0.4, 0.5) is 0 Å². The van der Waals surface area contributed by atoms with E-state index in [9.17, 15) is 15.0 Å². The second-order valence-corrected chi connectivity index (χ2v) is 13.3. The zero-order chi connectivity index (χ0) is 31.8. The normalized spacial score (nSPS) is 26.4. The Balaban J connectivity index is 0.000000320. The SMILES string of the molecule is CC(C)[C@@H]1CC[C@@H](C)C[C@H]1O.CC(O)C(=O)O[C@@H]1C[C@H](C)CC[C@H]1C(C)C.CCCCOCc1ccc(O)c(OC)c1. The molecule has 3 rings (SSSR count). The first kappa shape index (κ1) is 38.2. The van der Waals surface area contributed by atoms with E-state index in [0.29, 0.717) is 41.9 Å². The van der Waals surface area contributed by atoms with E-state index >= 15 is 0 Å². The van der Waals surface area contributed by atoms with Crippen LogP contribution in [0.15, 0.2) is 18.2 Å². The average molecular weight is 595 g/mol. The van der Waals surface area contributed by atoms with Crippen molar-refractivity contribution in [2.24, 2.45) is 35.5 Å². The van der Waals surface area contributed by atoms with Crippen LogP contribution in [0, 0.1) is 35.5 Å². The minimum absolute atomic E-state index is 0.00847. The maximum Gasteiger partial charge on any atom is 0.334 e. The molecule has 1 aromatic carbocycles. The van der Waals surface area contributed by atoms with E-state index in [0.717, 1.165) is 50.2 Å². The van der Waals surface area contributed by atoms with Crippen molar-refractivity contribution in [3.05, 3.63) is 23.8 Å². The molecule has 7 nitrogen and oxygen atoms in total. The second kappa shape index (κ2) is 20.2. The Labute approximate surface area is 256 Å². The zero-order valence-electron chi connectivity index (χ0n) is 28.0. The fourth-order valence-corrected chi connectivity index (χ4v) is 5.90. The molecule has 2 saturated carbocycles. The zero-order valence-corrected chi connectivity index (χ0v) is 28.0. The average Bonchev–Trinajstić information content (AvgIpc) is 2.92. The summed E-state index contributed by atoms with van der Waals surface area (Å²) in [5, 5.41) is 28.3. The van der Waals surface area contributed by atoms with Crippen LogP contribution in [0.1, 0.15) is 112 Å². The Morgan fingerprint density at radius 3 is 2.07 bits per heavy atom. The minimum Gasteiger partial charge on any atom is -0.504 e. The number of carbonyl (C=O) groups excluding carboxylic acids is 1. The highest BCUT2D eigenvalue weighted by molar-refractivity contribution is 5.74. The van der Waals surface area contributed by atoms with E-state index in [1.807, 2.05) is 6.07 Å². The predicted octanol–water partition coefficient (Wildman–Crippen LogP) is 7.53. The molecular formula is C35H62O7. The molecule has 1 aromatic rings. The summed E-state index contributed by atoms with van der Waals surface area (Å²) in [5.41, 5.74) is 1.01. The maximum absolute atomic E-state index is 11.4. The number of phenols is 1. The Morgan fingerprint density at radius 2 is 1.55 bits per heavy atom. The minimum atomic E-state index is -1.01. The number of aromatic hydroxyl groups is 1. The number of aliphatic hydroxyl groups excluding tert-OH is 2. The molecule has 3 N–H and O–H groups in total. The van der Waals surface area contributed by atoms with E-state index < -0.39 is 12.1 Å². The van der Waals surface area contributed by atoms with Crippen LogP contribution >= 0.6 is 0 Å². The highest BCUT2D eigenvalue weighted by Gasteiger charge is 2.34. The highest BCUT2D eigenvalue weighted by atomic mass is 16.6. The van der Waals surface area contributed by atoms with E-state index in [1.54, 1.807) is 12.1 Å². The standard InChI is InChI=1S/C13H24O3.C12H18O3.C10H20O/c1-8(2)11-6-5-9(3)7-12(11)16-13(15)10(4)14;1-3-4-7-15-9-10-5-6-11(13)12(8-10)14-2;1-7(2)9-5-4-8(3)6-10(9)11/h8-12,14H,5-7H2,1-4H3;5-6,8,13H,3-4,7,9H2,1-2H3;7-11H,4-6H2,1-3H3/t9-,10?,11+,12-;;8-,9+,10-/m1.1/s1. The largest absolute Gasteiger partial charge is 0.504 e. The Morgan fingerprint density at radius 1 is 0.952 bits per heavy atom. The highest BCUT2D eigenvalue weighted by Crippen LogP contribution is 2.36. The van der Waals surface area contributed by atoms with Gasteiger partial charge in [-0.2, -0.15) is 0 Å². The van der Waals surface area contributed by atoms with Gasteiger partial charge in [0.25, 0.3) is 0 Å². The number of benzene rings is 1. The van der Waals surface area contributed by atoms with Gasteiger partial charge in [0.15, 0.2) is 11.5 Å². The number of carbonyl (C=O) groups is 1. The lowest BCUT2D eigenvalue weighted by Gasteiger charge is -2.36. The van der Waals surface area contributed by atoms with Crippen molar-refractivity contribution in [3.8, 4) is 11.5 Å². The first-order valence-corrected chi connectivity index (χ1v) is 16.3. The lowest BCUT2D eigenvalue weighted by atomic mass is 9.75. The number of hydrogen-bond donors (Lipinski definition) is 3. The second-order valence-electron chi connectivity index (χ2n) is 13.3. The Kier molecular flexibility index (Phi) is 18.4. The number of aliphatic hydroxyl groups is 2. The number of unbranched alkanes of at least 4 members (excludes halogenated alkanes) is 1. The molecule has 0 spiro atoms. The first-order valence-electron chi connectivity index (χ1n) is 16.3. The number of hydrogen-bond acceptors (Lipinski definition) is 7. The van der Waals surface area contributed by atoms with Crippen LogP contribution in [0.3, 0.4) is 0 Å². The molecule has 2 aliphatic carbocycles. The quantitative estimate of drug-likeness (QED) is 0.190.